The molecule has 1 saturated carbocycles. The van der Waals surface area contributed by atoms with E-state index in [1.54, 1.807) is 11.6 Å². The normalized spacial score (nSPS) is 27.2. The minimum atomic E-state index is -0.583. The lowest BCUT2D eigenvalue weighted by molar-refractivity contribution is -0.0337. The summed E-state index contributed by atoms with van der Waals surface area (Å²) in [7, 11) is 1.57. The van der Waals surface area contributed by atoms with Crippen LogP contribution in [0.25, 0.3) is 5.52 Å². The molecule has 1 fully saturated rings. The van der Waals surface area contributed by atoms with Gasteiger partial charge in [-0.2, -0.15) is 10.1 Å². The standard InChI is InChI=1S/C11H13BrN4O2/c1-11(17)3-6(4-11)9-15-8(12)7-10(18-2)13-5-14-16(7)9/h5-6,17H,3-4H2,1-2H3/t6-,11+. The highest BCUT2D eigenvalue weighted by Crippen LogP contribution is 2.44. The molecule has 3 rings (SSSR count). The zero-order valence-corrected chi connectivity index (χ0v) is 11.7. The van der Waals surface area contributed by atoms with E-state index in [0.29, 0.717) is 23.3 Å². The molecule has 2 aromatic rings. The number of aliphatic hydroxyl groups is 1. The molecule has 0 saturated heterocycles. The van der Waals surface area contributed by atoms with E-state index in [9.17, 15) is 5.11 Å². The molecule has 1 N–H and O–H groups in total. The number of ether oxygens (including phenoxy) is 1. The van der Waals surface area contributed by atoms with Crippen molar-refractivity contribution in [2.75, 3.05) is 7.11 Å². The summed E-state index contributed by atoms with van der Waals surface area (Å²) in [6.45, 7) is 1.84. The van der Waals surface area contributed by atoms with Gasteiger partial charge in [-0.3, -0.25) is 0 Å². The molecule has 2 aromatic heterocycles. The van der Waals surface area contributed by atoms with Crippen molar-refractivity contribution in [2.24, 2.45) is 0 Å². The molecule has 18 heavy (non-hydrogen) atoms. The van der Waals surface area contributed by atoms with Crippen molar-refractivity contribution in [3.05, 3.63) is 16.8 Å². The Balaban J connectivity index is 2.09. The summed E-state index contributed by atoms with van der Waals surface area (Å²) in [5.41, 5.74) is 0.140. The van der Waals surface area contributed by atoms with Crippen LogP contribution in [0.5, 0.6) is 5.88 Å². The Morgan fingerprint density at radius 3 is 2.89 bits per heavy atom. The summed E-state index contributed by atoms with van der Waals surface area (Å²) < 4.78 is 7.60. The molecule has 0 atom stereocenters. The first-order chi connectivity index (χ1) is 8.52. The van der Waals surface area contributed by atoms with Gasteiger partial charge in [0.05, 0.1) is 12.7 Å². The van der Waals surface area contributed by atoms with Crippen LogP contribution in [0.15, 0.2) is 10.9 Å². The molecule has 0 aliphatic heterocycles. The van der Waals surface area contributed by atoms with E-state index < -0.39 is 5.60 Å². The molecule has 0 unspecified atom stereocenters. The van der Waals surface area contributed by atoms with Crippen LogP contribution < -0.4 is 4.74 Å². The lowest BCUT2D eigenvalue weighted by atomic mass is 9.72. The van der Waals surface area contributed by atoms with Crippen LogP contribution in [0.1, 0.15) is 31.5 Å². The second kappa shape index (κ2) is 3.89. The molecular weight excluding hydrogens is 300 g/mol. The number of halogens is 1. The zero-order chi connectivity index (χ0) is 12.9. The lowest BCUT2D eigenvalue weighted by Crippen LogP contribution is -2.40. The first-order valence-corrected chi connectivity index (χ1v) is 6.46. The molecule has 0 amide bonds. The Morgan fingerprint density at radius 1 is 1.56 bits per heavy atom. The zero-order valence-electron chi connectivity index (χ0n) is 10.1. The van der Waals surface area contributed by atoms with Crippen molar-refractivity contribution < 1.29 is 9.84 Å². The van der Waals surface area contributed by atoms with E-state index in [0.717, 1.165) is 11.3 Å². The number of nitrogens with zero attached hydrogens (tertiary/aromatic N) is 4. The van der Waals surface area contributed by atoms with Crippen LogP contribution in [0.3, 0.4) is 0 Å². The van der Waals surface area contributed by atoms with E-state index in [1.807, 2.05) is 6.92 Å². The third-order valence-electron chi connectivity index (χ3n) is 3.31. The number of aromatic nitrogens is 4. The lowest BCUT2D eigenvalue weighted by Gasteiger charge is -2.39. The molecule has 0 radical (unpaired) electrons. The molecule has 0 spiro atoms. The van der Waals surface area contributed by atoms with Crippen molar-refractivity contribution >= 4 is 21.4 Å². The third-order valence-corrected chi connectivity index (χ3v) is 3.87. The second-order valence-corrected chi connectivity index (χ2v) is 5.64. The summed E-state index contributed by atoms with van der Waals surface area (Å²) in [6, 6.07) is 0. The predicted octanol–water partition coefficient (Wildman–Crippen LogP) is 1.52. The van der Waals surface area contributed by atoms with Crippen molar-refractivity contribution in [3.63, 3.8) is 0 Å². The fourth-order valence-corrected chi connectivity index (χ4v) is 3.01. The molecule has 7 heteroatoms. The SMILES string of the molecule is COc1ncnn2c1c(Br)nc2[C@H]1C[C@@](C)(O)C1. The summed E-state index contributed by atoms with van der Waals surface area (Å²) in [5.74, 6) is 1.55. The number of methoxy groups -OCH3 is 1. The Bertz CT molecular complexity index is 602. The number of hydrogen-bond acceptors (Lipinski definition) is 5. The van der Waals surface area contributed by atoms with E-state index >= 15 is 0 Å². The van der Waals surface area contributed by atoms with E-state index in [1.165, 1.54) is 6.33 Å². The fraction of sp³-hybridized carbons (Fsp3) is 0.545. The molecular formula is C11H13BrN4O2. The topological polar surface area (TPSA) is 72.5 Å². The van der Waals surface area contributed by atoms with E-state index in [4.69, 9.17) is 4.74 Å². The summed E-state index contributed by atoms with van der Waals surface area (Å²) in [6.07, 6.45) is 2.84. The van der Waals surface area contributed by atoms with Gasteiger partial charge in [0.25, 0.3) is 0 Å². The predicted molar refractivity (Wildman–Crippen MR) is 67.6 cm³/mol. The smallest absolute Gasteiger partial charge is 0.244 e. The van der Waals surface area contributed by atoms with Gasteiger partial charge >= 0.3 is 0 Å². The number of rotatable bonds is 2. The van der Waals surface area contributed by atoms with Gasteiger partial charge in [-0.15, -0.1) is 0 Å². The Morgan fingerprint density at radius 2 is 2.28 bits per heavy atom. The number of imidazole rings is 1. The highest BCUT2D eigenvalue weighted by atomic mass is 79.9. The molecule has 1 aliphatic rings. The Kier molecular flexibility index (Phi) is 2.56. The van der Waals surface area contributed by atoms with Crippen LogP contribution >= 0.6 is 15.9 Å². The van der Waals surface area contributed by atoms with Crippen molar-refractivity contribution in [3.8, 4) is 5.88 Å². The average Bonchev–Trinajstić information content (AvgIpc) is 2.64. The fourth-order valence-electron chi connectivity index (χ4n) is 2.49. The summed E-state index contributed by atoms with van der Waals surface area (Å²) in [4.78, 5) is 8.53. The first kappa shape index (κ1) is 11.9. The molecule has 96 valence electrons. The second-order valence-electron chi connectivity index (χ2n) is 4.89. The summed E-state index contributed by atoms with van der Waals surface area (Å²) in [5, 5.41) is 14.0. The van der Waals surface area contributed by atoms with Gasteiger partial charge in [0.2, 0.25) is 5.88 Å². The van der Waals surface area contributed by atoms with Crippen LogP contribution in [-0.2, 0) is 0 Å². The van der Waals surface area contributed by atoms with Gasteiger partial charge in [-0.1, -0.05) is 0 Å². The minimum Gasteiger partial charge on any atom is -0.479 e. The van der Waals surface area contributed by atoms with Crippen molar-refractivity contribution in [1.82, 2.24) is 19.6 Å². The summed E-state index contributed by atoms with van der Waals surface area (Å²) >= 11 is 3.41. The number of fused-ring (bicyclic) bond motifs is 1. The van der Waals surface area contributed by atoms with E-state index in [-0.39, 0.29) is 5.92 Å². The van der Waals surface area contributed by atoms with Gasteiger partial charge in [-0.05, 0) is 35.7 Å². The molecule has 1 aliphatic carbocycles. The van der Waals surface area contributed by atoms with Crippen LogP contribution in [-0.4, -0.2) is 37.4 Å². The Hall–Kier alpha value is -1.21. The molecule has 0 bridgehead atoms. The maximum Gasteiger partial charge on any atom is 0.244 e. The van der Waals surface area contributed by atoms with Gasteiger partial charge < -0.3 is 9.84 Å². The van der Waals surface area contributed by atoms with Gasteiger partial charge in [0, 0.05) is 5.92 Å². The molecule has 6 nitrogen and oxygen atoms in total. The van der Waals surface area contributed by atoms with Crippen molar-refractivity contribution in [1.29, 1.82) is 0 Å². The maximum absolute atomic E-state index is 9.82. The van der Waals surface area contributed by atoms with Crippen LogP contribution in [0.4, 0.5) is 0 Å². The quantitative estimate of drug-likeness (QED) is 0.910. The Labute approximate surface area is 112 Å². The first-order valence-electron chi connectivity index (χ1n) is 5.67. The van der Waals surface area contributed by atoms with Gasteiger partial charge in [0.15, 0.2) is 5.52 Å². The monoisotopic (exact) mass is 312 g/mol. The largest absolute Gasteiger partial charge is 0.479 e. The maximum atomic E-state index is 9.82. The van der Waals surface area contributed by atoms with Crippen LogP contribution in [0, 0.1) is 0 Å². The third kappa shape index (κ3) is 1.69. The number of hydrogen-bond donors (Lipinski definition) is 1. The highest BCUT2D eigenvalue weighted by molar-refractivity contribution is 9.10. The van der Waals surface area contributed by atoms with Crippen molar-refractivity contribution in [2.45, 2.75) is 31.3 Å². The van der Waals surface area contributed by atoms with Crippen LogP contribution in [0.2, 0.25) is 0 Å². The van der Waals surface area contributed by atoms with Gasteiger partial charge in [-0.25, -0.2) is 9.50 Å². The average molecular weight is 313 g/mol. The highest BCUT2D eigenvalue weighted by Gasteiger charge is 2.42. The minimum absolute atomic E-state index is 0.221. The molecule has 2 heterocycles. The van der Waals surface area contributed by atoms with E-state index in [2.05, 4.69) is 31.0 Å². The van der Waals surface area contributed by atoms with Gasteiger partial charge in [0.1, 0.15) is 16.8 Å². The molecule has 0 aromatic carbocycles.